The van der Waals surface area contributed by atoms with Gasteiger partial charge in [-0.2, -0.15) is 4.39 Å². The number of halogens is 2. The summed E-state index contributed by atoms with van der Waals surface area (Å²) in [6.45, 7) is 1.30. The highest BCUT2D eigenvalue weighted by Gasteiger charge is 2.27. The highest BCUT2D eigenvalue weighted by molar-refractivity contribution is 5.98. The van der Waals surface area contributed by atoms with Crippen LogP contribution in [0.1, 0.15) is 17.3 Å². The Bertz CT molecular complexity index is 577. The third-order valence-electron chi connectivity index (χ3n) is 2.48. The van der Waals surface area contributed by atoms with Crippen molar-refractivity contribution in [1.82, 2.24) is 10.6 Å². The number of nitro groups is 1. The Morgan fingerprint density at radius 3 is 2.45 bits per heavy atom. The number of nitro benzene ring substituents is 1. The average Bonchev–Trinajstić information content (AvgIpc) is 2.37. The van der Waals surface area contributed by atoms with E-state index >= 15 is 0 Å². The predicted molar refractivity (Wildman–Crippen MR) is 64.0 cm³/mol. The highest BCUT2D eigenvalue weighted by atomic mass is 19.1. The molecule has 108 valence electrons. The molecule has 2 N–H and O–H groups in total. The lowest BCUT2D eigenvalue weighted by Gasteiger charge is -2.13. The largest absolute Gasteiger partial charge is 0.357 e. The van der Waals surface area contributed by atoms with E-state index in [1.807, 2.05) is 5.32 Å². The Morgan fingerprint density at radius 2 is 1.95 bits per heavy atom. The monoisotopic (exact) mass is 287 g/mol. The fraction of sp³-hybridized carbons (Fsp3) is 0.273. The van der Waals surface area contributed by atoms with E-state index in [1.54, 1.807) is 0 Å². The number of nitrogens with zero attached hydrogens (tertiary/aromatic N) is 1. The van der Waals surface area contributed by atoms with Crippen LogP contribution in [-0.2, 0) is 4.79 Å². The van der Waals surface area contributed by atoms with Crippen molar-refractivity contribution in [2.24, 2.45) is 0 Å². The predicted octanol–water partition coefficient (Wildman–Crippen LogP) is 0.737. The standard InChI is InChI=1S/C11H11F2N3O4/c1-5(10(17)14-2)15-11(18)8-6(12)3-4-7(9(8)13)16(19)20/h3-5H,1-2H3,(H,14,17)(H,15,18). The van der Waals surface area contributed by atoms with E-state index in [0.717, 1.165) is 0 Å². The summed E-state index contributed by atoms with van der Waals surface area (Å²) in [6, 6.07) is 0.176. The zero-order chi connectivity index (χ0) is 15.4. The smallest absolute Gasteiger partial charge is 0.305 e. The van der Waals surface area contributed by atoms with Crippen molar-refractivity contribution in [3.63, 3.8) is 0 Å². The first-order chi connectivity index (χ1) is 9.29. The van der Waals surface area contributed by atoms with Crippen LogP contribution in [0, 0.1) is 21.7 Å². The van der Waals surface area contributed by atoms with Gasteiger partial charge in [0.15, 0.2) is 0 Å². The zero-order valence-corrected chi connectivity index (χ0v) is 10.6. The first-order valence-corrected chi connectivity index (χ1v) is 5.44. The van der Waals surface area contributed by atoms with Gasteiger partial charge in [0.25, 0.3) is 5.91 Å². The fourth-order valence-electron chi connectivity index (χ4n) is 1.44. The van der Waals surface area contributed by atoms with Crippen molar-refractivity contribution >= 4 is 17.5 Å². The molecule has 0 aromatic heterocycles. The molecule has 0 aliphatic heterocycles. The molecule has 9 heteroatoms. The third-order valence-corrected chi connectivity index (χ3v) is 2.48. The van der Waals surface area contributed by atoms with E-state index in [4.69, 9.17) is 0 Å². The molecule has 0 saturated heterocycles. The van der Waals surface area contributed by atoms with Crippen molar-refractivity contribution in [3.05, 3.63) is 39.4 Å². The summed E-state index contributed by atoms with van der Waals surface area (Å²) in [6.07, 6.45) is 0. The molecular weight excluding hydrogens is 276 g/mol. The van der Waals surface area contributed by atoms with Gasteiger partial charge in [0.2, 0.25) is 11.7 Å². The molecule has 7 nitrogen and oxygen atoms in total. The third kappa shape index (κ3) is 3.05. The van der Waals surface area contributed by atoms with Crippen LogP contribution in [0.3, 0.4) is 0 Å². The number of likely N-dealkylation sites (N-methyl/N-ethyl adjacent to an activating group) is 1. The van der Waals surface area contributed by atoms with Gasteiger partial charge in [-0.3, -0.25) is 19.7 Å². The minimum Gasteiger partial charge on any atom is -0.357 e. The summed E-state index contributed by atoms with van der Waals surface area (Å²) in [4.78, 5) is 32.4. The Morgan fingerprint density at radius 1 is 1.35 bits per heavy atom. The van der Waals surface area contributed by atoms with Crippen LogP contribution in [0.15, 0.2) is 12.1 Å². The van der Waals surface area contributed by atoms with E-state index in [9.17, 15) is 28.5 Å². The molecule has 0 radical (unpaired) electrons. The van der Waals surface area contributed by atoms with Crippen LogP contribution in [0.25, 0.3) is 0 Å². The average molecular weight is 287 g/mol. The van der Waals surface area contributed by atoms with Gasteiger partial charge in [-0.25, -0.2) is 4.39 Å². The summed E-state index contributed by atoms with van der Waals surface area (Å²) < 4.78 is 27.2. The lowest BCUT2D eigenvalue weighted by molar-refractivity contribution is -0.387. The second-order valence-electron chi connectivity index (χ2n) is 3.82. The molecule has 0 bridgehead atoms. The normalized spacial score (nSPS) is 11.6. The number of benzene rings is 1. The maximum atomic E-state index is 13.7. The Hall–Kier alpha value is -2.58. The van der Waals surface area contributed by atoms with Crippen LogP contribution in [-0.4, -0.2) is 29.8 Å². The molecule has 1 unspecified atom stereocenters. The second-order valence-corrected chi connectivity index (χ2v) is 3.82. The zero-order valence-electron chi connectivity index (χ0n) is 10.6. The number of amides is 2. The van der Waals surface area contributed by atoms with E-state index in [2.05, 4.69) is 5.32 Å². The van der Waals surface area contributed by atoms with Crippen molar-refractivity contribution in [2.45, 2.75) is 13.0 Å². The molecule has 0 aliphatic rings. The first-order valence-electron chi connectivity index (χ1n) is 5.44. The lowest BCUT2D eigenvalue weighted by Crippen LogP contribution is -2.44. The number of carbonyl (C=O) groups excluding carboxylic acids is 2. The summed E-state index contributed by atoms with van der Waals surface area (Å²) in [5.41, 5.74) is -2.13. The summed E-state index contributed by atoms with van der Waals surface area (Å²) in [5, 5.41) is 14.8. The maximum Gasteiger partial charge on any atom is 0.305 e. The minimum absolute atomic E-state index is 0.579. The van der Waals surface area contributed by atoms with Crippen LogP contribution >= 0.6 is 0 Å². The number of nitrogens with one attached hydrogen (secondary N) is 2. The molecule has 2 amide bonds. The molecule has 0 spiro atoms. The van der Waals surface area contributed by atoms with Gasteiger partial charge < -0.3 is 10.6 Å². The number of hydrogen-bond donors (Lipinski definition) is 2. The van der Waals surface area contributed by atoms with E-state index in [1.165, 1.54) is 14.0 Å². The molecule has 20 heavy (non-hydrogen) atoms. The summed E-state index contributed by atoms with van der Waals surface area (Å²) >= 11 is 0. The number of hydrogen-bond acceptors (Lipinski definition) is 4. The van der Waals surface area contributed by atoms with Gasteiger partial charge in [0.05, 0.1) is 4.92 Å². The van der Waals surface area contributed by atoms with Crippen molar-refractivity contribution in [3.8, 4) is 0 Å². The number of carbonyl (C=O) groups is 2. The molecule has 0 aliphatic carbocycles. The van der Waals surface area contributed by atoms with Gasteiger partial charge in [-0.1, -0.05) is 0 Å². The quantitative estimate of drug-likeness (QED) is 0.629. The lowest BCUT2D eigenvalue weighted by atomic mass is 10.1. The van der Waals surface area contributed by atoms with Gasteiger partial charge in [-0.15, -0.1) is 0 Å². The molecule has 0 fully saturated rings. The summed E-state index contributed by atoms with van der Waals surface area (Å²) in [7, 11) is 1.32. The summed E-state index contributed by atoms with van der Waals surface area (Å²) in [5.74, 6) is -4.67. The number of rotatable bonds is 4. The Balaban J connectivity index is 3.13. The van der Waals surface area contributed by atoms with Crippen LogP contribution in [0.2, 0.25) is 0 Å². The molecule has 1 atom stereocenters. The Labute approximate surface area is 112 Å². The molecule has 0 heterocycles. The van der Waals surface area contributed by atoms with Gasteiger partial charge in [-0.05, 0) is 13.0 Å². The maximum absolute atomic E-state index is 13.7. The SMILES string of the molecule is CNC(=O)C(C)NC(=O)c1c(F)ccc([N+](=O)[O-])c1F. The second kappa shape index (κ2) is 6.04. The molecule has 1 rings (SSSR count). The van der Waals surface area contributed by atoms with Crippen LogP contribution in [0.4, 0.5) is 14.5 Å². The Kier molecular flexibility index (Phi) is 4.68. The van der Waals surface area contributed by atoms with Gasteiger partial charge in [0.1, 0.15) is 17.4 Å². The molecule has 1 aromatic carbocycles. The van der Waals surface area contributed by atoms with Crippen molar-refractivity contribution < 1.29 is 23.3 Å². The van der Waals surface area contributed by atoms with Crippen LogP contribution < -0.4 is 10.6 Å². The van der Waals surface area contributed by atoms with E-state index < -0.39 is 45.7 Å². The van der Waals surface area contributed by atoms with E-state index in [-0.39, 0.29) is 0 Å². The van der Waals surface area contributed by atoms with Crippen molar-refractivity contribution in [1.29, 1.82) is 0 Å². The van der Waals surface area contributed by atoms with Crippen LogP contribution in [0.5, 0.6) is 0 Å². The van der Waals surface area contributed by atoms with Gasteiger partial charge in [0, 0.05) is 13.1 Å². The molecular formula is C11H11F2N3O4. The van der Waals surface area contributed by atoms with Crippen molar-refractivity contribution in [2.75, 3.05) is 7.05 Å². The minimum atomic E-state index is -1.59. The van der Waals surface area contributed by atoms with E-state index in [0.29, 0.717) is 12.1 Å². The molecule has 1 aromatic rings. The first kappa shape index (κ1) is 15.5. The topological polar surface area (TPSA) is 101 Å². The van der Waals surface area contributed by atoms with Gasteiger partial charge >= 0.3 is 5.69 Å². The molecule has 0 saturated carbocycles. The fourth-order valence-corrected chi connectivity index (χ4v) is 1.44. The highest BCUT2D eigenvalue weighted by Crippen LogP contribution is 2.23.